The molecule has 0 spiro atoms. The zero-order valence-corrected chi connectivity index (χ0v) is 11.8. The molecule has 0 aromatic heterocycles. The highest BCUT2D eigenvalue weighted by atomic mass is 35.5. The van der Waals surface area contributed by atoms with Crippen LogP contribution in [-0.4, -0.2) is 28.4 Å². The summed E-state index contributed by atoms with van der Waals surface area (Å²) in [4.78, 5) is 14.2. The molecule has 1 aliphatic heterocycles. The molecule has 1 aromatic rings. The average Bonchev–Trinajstić information content (AvgIpc) is 2.38. The van der Waals surface area contributed by atoms with Crippen LogP contribution in [0, 0.1) is 5.82 Å². The zero-order valence-electron chi connectivity index (χ0n) is 10.2. The first-order valence-electron chi connectivity index (χ1n) is 6.06. The standard InChI is InChI=1S/C13H14ClFN2OS/c14-8-4-3-5-9(15)11(8)13(18)17-7-2-1-6-10(17)12(16)19/h3-5,10H,1-2,6-7H2,(H2,16,19). The van der Waals surface area contributed by atoms with Gasteiger partial charge in [-0.3, -0.25) is 4.79 Å². The number of benzene rings is 1. The fraction of sp³-hybridized carbons (Fsp3) is 0.385. The van der Waals surface area contributed by atoms with Gasteiger partial charge in [0, 0.05) is 6.54 Å². The van der Waals surface area contributed by atoms with Crippen molar-refractivity contribution in [3.63, 3.8) is 0 Å². The molecule has 1 saturated heterocycles. The maximum Gasteiger partial charge on any atom is 0.258 e. The molecule has 6 heteroatoms. The Morgan fingerprint density at radius 1 is 1.47 bits per heavy atom. The van der Waals surface area contributed by atoms with E-state index in [0.29, 0.717) is 13.0 Å². The van der Waals surface area contributed by atoms with Gasteiger partial charge in [0.1, 0.15) is 5.82 Å². The topological polar surface area (TPSA) is 46.3 Å². The molecule has 1 aliphatic rings. The van der Waals surface area contributed by atoms with Crippen molar-refractivity contribution in [2.45, 2.75) is 25.3 Å². The Hall–Kier alpha value is -1.20. The second-order valence-corrected chi connectivity index (χ2v) is 5.39. The van der Waals surface area contributed by atoms with Crippen molar-refractivity contribution in [3.05, 3.63) is 34.6 Å². The Bertz CT molecular complexity index is 503. The van der Waals surface area contributed by atoms with Crippen molar-refractivity contribution in [2.24, 2.45) is 5.73 Å². The van der Waals surface area contributed by atoms with Crippen molar-refractivity contribution in [2.75, 3.05) is 6.54 Å². The molecule has 1 aromatic carbocycles. The van der Waals surface area contributed by atoms with Gasteiger partial charge >= 0.3 is 0 Å². The van der Waals surface area contributed by atoms with E-state index in [-0.39, 0.29) is 21.6 Å². The van der Waals surface area contributed by atoms with Gasteiger partial charge in [0.15, 0.2) is 0 Å². The lowest BCUT2D eigenvalue weighted by molar-refractivity contribution is 0.0677. The minimum absolute atomic E-state index is 0.104. The number of piperidine rings is 1. The summed E-state index contributed by atoms with van der Waals surface area (Å²) in [6.07, 6.45) is 2.53. The van der Waals surface area contributed by atoms with Crippen molar-refractivity contribution < 1.29 is 9.18 Å². The molecule has 1 heterocycles. The molecular formula is C13H14ClFN2OS. The van der Waals surface area contributed by atoms with Crippen LogP contribution in [0.3, 0.4) is 0 Å². The predicted octanol–water partition coefficient (Wildman–Crippen LogP) is 2.76. The molecular weight excluding hydrogens is 287 g/mol. The number of halogens is 2. The number of hydrogen-bond donors (Lipinski definition) is 1. The summed E-state index contributed by atoms with van der Waals surface area (Å²) < 4.78 is 13.8. The van der Waals surface area contributed by atoms with E-state index in [1.54, 1.807) is 0 Å². The van der Waals surface area contributed by atoms with Crippen LogP contribution in [0.4, 0.5) is 4.39 Å². The van der Waals surface area contributed by atoms with Crippen LogP contribution in [0.1, 0.15) is 29.6 Å². The molecule has 2 rings (SSSR count). The van der Waals surface area contributed by atoms with E-state index in [1.165, 1.54) is 23.1 Å². The van der Waals surface area contributed by atoms with Crippen LogP contribution in [-0.2, 0) is 0 Å². The lowest BCUT2D eigenvalue weighted by Crippen LogP contribution is -2.50. The zero-order chi connectivity index (χ0) is 14.0. The first-order valence-corrected chi connectivity index (χ1v) is 6.85. The van der Waals surface area contributed by atoms with Gasteiger partial charge in [-0.1, -0.05) is 29.9 Å². The maximum atomic E-state index is 13.8. The molecule has 2 N–H and O–H groups in total. The number of carbonyl (C=O) groups excluding carboxylic acids is 1. The van der Waals surface area contributed by atoms with Crippen molar-refractivity contribution in [1.82, 2.24) is 4.90 Å². The fourth-order valence-corrected chi connectivity index (χ4v) is 2.81. The Morgan fingerprint density at radius 3 is 2.84 bits per heavy atom. The van der Waals surface area contributed by atoms with E-state index < -0.39 is 11.7 Å². The molecule has 0 bridgehead atoms. The van der Waals surface area contributed by atoms with E-state index in [4.69, 9.17) is 29.6 Å². The van der Waals surface area contributed by atoms with Crippen LogP contribution in [0.25, 0.3) is 0 Å². The Kier molecular flexibility index (Phi) is 4.37. The number of thiocarbonyl (C=S) groups is 1. The minimum Gasteiger partial charge on any atom is -0.392 e. The van der Waals surface area contributed by atoms with E-state index in [0.717, 1.165) is 12.8 Å². The number of rotatable bonds is 2. The van der Waals surface area contributed by atoms with E-state index in [1.807, 2.05) is 0 Å². The highest BCUT2D eigenvalue weighted by molar-refractivity contribution is 7.80. The monoisotopic (exact) mass is 300 g/mol. The quantitative estimate of drug-likeness (QED) is 0.854. The van der Waals surface area contributed by atoms with Gasteiger partial charge in [-0.25, -0.2) is 4.39 Å². The molecule has 1 atom stereocenters. The summed E-state index contributed by atoms with van der Waals surface area (Å²) in [6.45, 7) is 0.519. The molecule has 1 amide bonds. The van der Waals surface area contributed by atoms with Gasteiger partial charge in [-0.2, -0.15) is 0 Å². The third-order valence-electron chi connectivity index (χ3n) is 3.27. The van der Waals surface area contributed by atoms with Crippen LogP contribution in [0.5, 0.6) is 0 Å². The number of carbonyl (C=O) groups is 1. The van der Waals surface area contributed by atoms with Gasteiger partial charge < -0.3 is 10.6 Å². The molecule has 0 aliphatic carbocycles. The summed E-state index contributed by atoms with van der Waals surface area (Å²) in [5.41, 5.74) is 5.56. The summed E-state index contributed by atoms with van der Waals surface area (Å²) in [6, 6.07) is 3.87. The molecule has 0 saturated carbocycles. The SMILES string of the molecule is NC(=S)C1CCCCN1C(=O)c1c(F)cccc1Cl. The van der Waals surface area contributed by atoms with Crippen molar-refractivity contribution >= 4 is 34.7 Å². The Balaban J connectivity index is 2.34. The number of nitrogens with two attached hydrogens (primary N) is 1. The minimum atomic E-state index is -0.621. The van der Waals surface area contributed by atoms with E-state index >= 15 is 0 Å². The molecule has 1 unspecified atom stereocenters. The smallest absolute Gasteiger partial charge is 0.258 e. The van der Waals surface area contributed by atoms with Crippen LogP contribution < -0.4 is 5.73 Å². The number of nitrogens with zero attached hydrogens (tertiary/aromatic N) is 1. The lowest BCUT2D eigenvalue weighted by Gasteiger charge is -2.35. The van der Waals surface area contributed by atoms with Gasteiger partial charge in [0.25, 0.3) is 5.91 Å². The molecule has 1 fully saturated rings. The number of likely N-dealkylation sites (tertiary alicyclic amines) is 1. The third kappa shape index (κ3) is 2.87. The number of hydrogen-bond acceptors (Lipinski definition) is 2. The third-order valence-corrected chi connectivity index (χ3v) is 3.86. The van der Waals surface area contributed by atoms with Gasteiger partial charge in [-0.05, 0) is 31.4 Å². The second kappa shape index (κ2) is 5.84. The second-order valence-electron chi connectivity index (χ2n) is 4.51. The first kappa shape index (κ1) is 14.2. The van der Waals surface area contributed by atoms with Crippen LogP contribution >= 0.6 is 23.8 Å². The van der Waals surface area contributed by atoms with Gasteiger partial charge in [-0.15, -0.1) is 0 Å². The van der Waals surface area contributed by atoms with Crippen LogP contribution in [0.2, 0.25) is 5.02 Å². The van der Waals surface area contributed by atoms with E-state index in [2.05, 4.69) is 0 Å². The number of amides is 1. The largest absolute Gasteiger partial charge is 0.392 e. The van der Waals surface area contributed by atoms with Crippen LogP contribution in [0.15, 0.2) is 18.2 Å². The Labute approximate surface area is 121 Å². The summed E-state index contributed by atoms with van der Waals surface area (Å²) in [5, 5.41) is 0.109. The highest BCUT2D eigenvalue weighted by Crippen LogP contribution is 2.25. The van der Waals surface area contributed by atoms with Gasteiger partial charge in [0.05, 0.1) is 21.6 Å². The highest BCUT2D eigenvalue weighted by Gasteiger charge is 2.31. The average molecular weight is 301 g/mol. The molecule has 19 heavy (non-hydrogen) atoms. The molecule has 102 valence electrons. The molecule has 3 nitrogen and oxygen atoms in total. The predicted molar refractivity (Wildman–Crippen MR) is 76.9 cm³/mol. The lowest BCUT2D eigenvalue weighted by atomic mass is 10.0. The van der Waals surface area contributed by atoms with Crippen molar-refractivity contribution in [1.29, 1.82) is 0 Å². The fourth-order valence-electron chi connectivity index (χ4n) is 2.32. The molecule has 0 radical (unpaired) electrons. The van der Waals surface area contributed by atoms with E-state index in [9.17, 15) is 9.18 Å². The van der Waals surface area contributed by atoms with Crippen molar-refractivity contribution in [3.8, 4) is 0 Å². The summed E-state index contributed by atoms with van der Waals surface area (Å²) in [7, 11) is 0. The first-order chi connectivity index (χ1) is 9.02. The Morgan fingerprint density at radius 2 is 2.21 bits per heavy atom. The normalized spacial score (nSPS) is 19.3. The summed E-state index contributed by atoms with van der Waals surface area (Å²) in [5.74, 6) is -1.06. The maximum absolute atomic E-state index is 13.8. The summed E-state index contributed by atoms with van der Waals surface area (Å²) >= 11 is 10.9. The van der Waals surface area contributed by atoms with Gasteiger partial charge in [0.2, 0.25) is 0 Å².